The first-order chi connectivity index (χ1) is 12.5. The van der Waals surface area contributed by atoms with Gasteiger partial charge in [0.05, 0.1) is 17.6 Å². The van der Waals surface area contributed by atoms with Crippen LogP contribution in [-0.2, 0) is 0 Å². The number of para-hydroxylation sites is 1. The lowest BCUT2D eigenvalue weighted by atomic mass is 10.3. The number of anilines is 1. The zero-order chi connectivity index (χ0) is 18.3. The maximum Gasteiger partial charge on any atom is 0.311 e. The minimum atomic E-state index is -1.45. The highest BCUT2D eigenvalue weighted by molar-refractivity contribution is 8.01. The van der Waals surface area contributed by atoms with Gasteiger partial charge >= 0.3 is 5.18 Å². The molecular weight excluding hydrogens is 348 g/mol. The quantitative estimate of drug-likeness (QED) is 0.673. The van der Waals surface area contributed by atoms with Gasteiger partial charge < -0.3 is 19.7 Å². The van der Waals surface area contributed by atoms with Gasteiger partial charge in [-0.3, -0.25) is 0 Å². The summed E-state index contributed by atoms with van der Waals surface area (Å²) in [5.41, 5.74) is 3.29. The van der Waals surface area contributed by atoms with E-state index < -0.39 is 5.18 Å². The maximum atomic E-state index is 10.8. The van der Waals surface area contributed by atoms with Crippen molar-refractivity contribution in [1.29, 1.82) is 0 Å². The Labute approximate surface area is 155 Å². The molecule has 0 radical (unpaired) electrons. The average Bonchev–Trinajstić information content (AvgIpc) is 3.11. The number of aromatic hydroxyl groups is 1. The van der Waals surface area contributed by atoms with Crippen LogP contribution in [-0.4, -0.2) is 27.0 Å². The highest BCUT2D eigenvalue weighted by atomic mass is 32.2. The van der Waals surface area contributed by atoms with E-state index >= 15 is 0 Å². The lowest BCUT2D eigenvalue weighted by Crippen LogP contribution is -2.37. The molecule has 1 aromatic heterocycles. The van der Waals surface area contributed by atoms with Crippen molar-refractivity contribution in [2.75, 3.05) is 11.9 Å². The van der Waals surface area contributed by atoms with Gasteiger partial charge in [-0.2, -0.15) is 5.11 Å². The van der Waals surface area contributed by atoms with Gasteiger partial charge in [-0.15, -0.1) is 5.11 Å². The molecule has 0 amide bonds. The van der Waals surface area contributed by atoms with Crippen molar-refractivity contribution in [2.24, 2.45) is 10.2 Å². The summed E-state index contributed by atoms with van der Waals surface area (Å²) in [5, 5.41) is 27.4. The summed E-state index contributed by atoms with van der Waals surface area (Å²) in [4.78, 5) is 2.67. The minimum absolute atomic E-state index is 0.261. The van der Waals surface area contributed by atoms with Crippen molar-refractivity contribution in [3.8, 4) is 11.4 Å². The number of hydrogen-bond donors (Lipinski definition) is 2. The van der Waals surface area contributed by atoms with Gasteiger partial charge in [-0.25, -0.2) is 0 Å². The van der Waals surface area contributed by atoms with Gasteiger partial charge in [-0.05, 0) is 55.1 Å². The van der Waals surface area contributed by atoms with E-state index in [1.165, 1.54) is 11.8 Å². The van der Waals surface area contributed by atoms with E-state index in [1.807, 2.05) is 66.2 Å². The van der Waals surface area contributed by atoms with Gasteiger partial charge in [0, 0.05) is 29.4 Å². The molecule has 0 fully saturated rings. The lowest BCUT2D eigenvalue weighted by molar-refractivity contribution is 0.144. The fourth-order valence-electron chi connectivity index (χ4n) is 2.79. The van der Waals surface area contributed by atoms with Crippen molar-refractivity contribution in [3.63, 3.8) is 0 Å². The number of benzene rings is 2. The Morgan fingerprint density at radius 3 is 2.42 bits per heavy atom. The second kappa shape index (κ2) is 6.19. The van der Waals surface area contributed by atoms with Crippen LogP contribution in [0.1, 0.15) is 5.56 Å². The van der Waals surface area contributed by atoms with Crippen molar-refractivity contribution in [3.05, 3.63) is 66.5 Å². The number of rotatable bonds is 3. The third-order valence-corrected chi connectivity index (χ3v) is 5.55. The standard InChI is InChI=1S/C19H18N4O2S/c1-13-11-23(12-17(13)24)15-9-7-14(8-10-15)20-21-19(25)22(2)16-5-3-4-6-18(16)26-19/h3-12,24-25H,1-2H3. The van der Waals surface area contributed by atoms with E-state index in [0.29, 0.717) is 5.69 Å². The summed E-state index contributed by atoms with van der Waals surface area (Å²) in [5.74, 6) is 0.261. The molecular formula is C19H18N4O2S. The number of hydrogen-bond acceptors (Lipinski definition) is 6. The molecule has 132 valence electrons. The smallest absolute Gasteiger partial charge is 0.311 e. The summed E-state index contributed by atoms with van der Waals surface area (Å²) in [7, 11) is 1.79. The Morgan fingerprint density at radius 2 is 1.77 bits per heavy atom. The molecule has 0 aliphatic carbocycles. The van der Waals surface area contributed by atoms with Gasteiger partial charge in [-0.1, -0.05) is 12.1 Å². The largest absolute Gasteiger partial charge is 0.506 e. The predicted octanol–water partition coefficient (Wildman–Crippen LogP) is 4.42. The van der Waals surface area contributed by atoms with Crippen LogP contribution in [0, 0.1) is 6.92 Å². The molecule has 4 rings (SSSR count). The third-order valence-electron chi connectivity index (χ3n) is 4.35. The first-order valence-corrected chi connectivity index (χ1v) is 8.93. The van der Waals surface area contributed by atoms with Crippen molar-refractivity contribution in [2.45, 2.75) is 17.0 Å². The molecule has 0 saturated heterocycles. The summed E-state index contributed by atoms with van der Waals surface area (Å²) in [6.07, 6.45) is 3.52. The molecule has 26 heavy (non-hydrogen) atoms. The van der Waals surface area contributed by atoms with Crippen LogP contribution in [0.15, 0.2) is 76.0 Å². The van der Waals surface area contributed by atoms with Crippen LogP contribution in [0.5, 0.6) is 5.75 Å². The van der Waals surface area contributed by atoms with Crippen molar-refractivity contribution in [1.82, 2.24) is 4.57 Å². The molecule has 3 aromatic rings. The van der Waals surface area contributed by atoms with Crippen LogP contribution in [0.25, 0.3) is 5.69 Å². The number of nitrogens with zero attached hydrogens (tertiary/aromatic N) is 4. The Morgan fingerprint density at radius 1 is 1.04 bits per heavy atom. The SMILES string of the molecule is Cc1cn(-c2ccc(N=NC3(O)Sc4ccccc4N3C)cc2)cc1O. The van der Waals surface area contributed by atoms with Gasteiger partial charge in [0.2, 0.25) is 0 Å². The number of aryl methyl sites for hydroxylation is 1. The fraction of sp³-hybridized carbons (Fsp3) is 0.158. The Kier molecular flexibility index (Phi) is 3.97. The first kappa shape index (κ1) is 16.7. The maximum absolute atomic E-state index is 10.8. The van der Waals surface area contributed by atoms with E-state index in [-0.39, 0.29) is 5.75 Å². The van der Waals surface area contributed by atoms with E-state index in [1.54, 1.807) is 18.1 Å². The van der Waals surface area contributed by atoms with Gasteiger partial charge in [0.25, 0.3) is 0 Å². The number of azo groups is 1. The summed E-state index contributed by atoms with van der Waals surface area (Å²) in [6, 6.07) is 15.2. The highest BCUT2D eigenvalue weighted by Crippen LogP contribution is 2.48. The molecule has 0 bridgehead atoms. The van der Waals surface area contributed by atoms with Crippen molar-refractivity contribution < 1.29 is 10.2 Å². The summed E-state index contributed by atoms with van der Waals surface area (Å²) in [6.45, 7) is 1.85. The summed E-state index contributed by atoms with van der Waals surface area (Å²) >= 11 is 1.26. The van der Waals surface area contributed by atoms with Gasteiger partial charge in [0.1, 0.15) is 5.75 Å². The van der Waals surface area contributed by atoms with Crippen molar-refractivity contribution >= 4 is 23.1 Å². The Hall–Kier alpha value is -2.77. The van der Waals surface area contributed by atoms with E-state index in [0.717, 1.165) is 21.8 Å². The number of fused-ring (bicyclic) bond motifs is 1. The molecule has 7 heteroatoms. The molecule has 1 unspecified atom stereocenters. The molecule has 1 aliphatic heterocycles. The molecule has 2 heterocycles. The molecule has 1 aliphatic rings. The number of aromatic nitrogens is 1. The number of thioether (sulfide) groups is 1. The lowest BCUT2D eigenvalue weighted by Gasteiger charge is -2.25. The second-order valence-corrected chi connectivity index (χ2v) is 7.34. The monoisotopic (exact) mass is 366 g/mol. The molecule has 1 atom stereocenters. The first-order valence-electron chi connectivity index (χ1n) is 8.11. The van der Waals surface area contributed by atoms with Crippen LogP contribution in [0.2, 0.25) is 0 Å². The van der Waals surface area contributed by atoms with Crippen LogP contribution >= 0.6 is 11.8 Å². The Bertz CT molecular complexity index is 964. The molecule has 6 nitrogen and oxygen atoms in total. The number of aliphatic hydroxyl groups is 1. The van der Waals surface area contributed by atoms with E-state index in [2.05, 4.69) is 10.2 Å². The average molecular weight is 366 g/mol. The fourth-order valence-corrected chi connectivity index (χ4v) is 3.86. The topological polar surface area (TPSA) is 73.3 Å². The Balaban J connectivity index is 1.54. The van der Waals surface area contributed by atoms with E-state index in [4.69, 9.17) is 0 Å². The van der Waals surface area contributed by atoms with Crippen LogP contribution in [0.3, 0.4) is 0 Å². The van der Waals surface area contributed by atoms with Crippen LogP contribution < -0.4 is 4.90 Å². The van der Waals surface area contributed by atoms with E-state index in [9.17, 15) is 10.2 Å². The van der Waals surface area contributed by atoms with Gasteiger partial charge in [0.15, 0.2) is 0 Å². The normalized spacial score (nSPS) is 19.3. The molecule has 2 N–H and O–H groups in total. The van der Waals surface area contributed by atoms with Crippen LogP contribution in [0.4, 0.5) is 11.4 Å². The zero-order valence-electron chi connectivity index (χ0n) is 14.4. The zero-order valence-corrected chi connectivity index (χ0v) is 15.2. The highest BCUT2D eigenvalue weighted by Gasteiger charge is 2.41. The third kappa shape index (κ3) is 2.85. The molecule has 0 saturated carbocycles. The molecule has 2 aromatic carbocycles. The molecule has 0 spiro atoms. The minimum Gasteiger partial charge on any atom is -0.506 e. The predicted molar refractivity (Wildman–Crippen MR) is 102 cm³/mol. The second-order valence-electron chi connectivity index (χ2n) is 6.15. The summed E-state index contributed by atoms with van der Waals surface area (Å²) < 4.78 is 1.84.